The number of H-pyrrole nitrogens is 1. The summed E-state index contributed by atoms with van der Waals surface area (Å²) >= 11 is 5.77. The van der Waals surface area contributed by atoms with Gasteiger partial charge in [-0.2, -0.15) is 5.10 Å². The van der Waals surface area contributed by atoms with Crippen LogP contribution < -0.4 is 9.04 Å². The van der Waals surface area contributed by atoms with Gasteiger partial charge in [0.15, 0.2) is 0 Å². The van der Waals surface area contributed by atoms with Crippen molar-refractivity contribution >= 4 is 27.3 Å². The van der Waals surface area contributed by atoms with Crippen molar-refractivity contribution in [2.75, 3.05) is 18.5 Å². The Kier molecular flexibility index (Phi) is 4.43. The van der Waals surface area contributed by atoms with Gasteiger partial charge in [-0.25, -0.2) is 8.42 Å². The van der Waals surface area contributed by atoms with Gasteiger partial charge in [0.2, 0.25) is 0 Å². The Hall–Kier alpha value is -1.73. The van der Waals surface area contributed by atoms with E-state index < -0.39 is 10.0 Å². The summed E-state index contributed by atoms with van der Waals surface area (Å²) in [6, 6.07) is 6.89. The number of ether oxygens (including phenoxy) is 1. The highest BCUT2D eigenvalue weighted by atomic mass is 35.5. The summed E-state index contributed by atoms with van der Waals surface area (Å²) in [7, 11) is -0.817. The molecule has 0 aliphatic rings. The number of halogens is 1. The molecule has 114 valence electrons. The van der Waals surface area contributed by atoms with Gasteiger partial charge in [0.05, 0.1) is 30.1 Å². The third-order valence-electron chi connectivity index (χ3n) is 3.13. The number of sulfonamides is 1. The van der Waals surface area contributed by atoms with E-state index in [-0.39, 0.29) is 10.8 Å². The molecule has 0 atom stereocenters. The molecule has 1 aromatic heterocycles. The number of hydrogen-bond acceptors (Lipinski definition) is 4. The zero-order chi connectivity index (χ0) is 15.6. The molecule has 8 heteroatoms. The average molecular weight is 330 g/mol. The first kappa shape index (κ1) is 15.7. The summed E-state index contributed by atoms with van der Waals surface area (Å²) in [4.78, 5) is 0.103. The summed E-state index contributed by atoms with van der Waals surface area (Å²) in [6.07, 6.45) is 0. The summed E-state index contributed by atoms with van der Waals surface area (Å²) < 4.78 is 32.0. The molecular formula is C13H16ClN3O3S. The van der Waals surface area contributed by atoms with E-state index in [2.05, 4.69) is 10.2 Å². The molecule has 0 amide bonds. The topological polar surface area (TPSA) is 75.3 Å². The van der Waals surface area contributed by atoms with Gasteiger partial charge in [0.25, 0.3) is 10.0 Å². The molecule has 1 heterocycles. The number of anilines is 1. The lowest BCUT2D eigenvalue weighted by Gasteiger charge is -2.21. The highest BCUT2D eigenvalue weighted by Crippen LogP contribution is 2.32. The number of rotatable bonds is 5. The van der Waals surface area contributed by atoms with Crippen LogP contribution in [-0.2, 0) is 15.9 Å². The van der Waals surface area contributed by atoms with Crippen molar-refractivity contribution in [2.24, 2.45) is 0 Å². The number of aromatic nitrogens is 2. The highest BCUT2D eigenvalue weighted by molar-refractivity contribution is 7.93. The van der Waals surface area contributed by atoms with Crippen LogP contribution in [0.4, 0.5) is 5.69 Å². The SMILES string of the molecule is COc1ccccc1N(C)S(=O)(=O)c1c(CCl)n[nH]c1C. The maximum absolute atomic E-state index is 12.8. The van der Waals surface area contributed by atoms with Crippen LogP contribution >= 0.6 is 11.6 Å². The smallest absolute Gasteiger partial charge is 0.267 e. The first-order valence-electron chi connectivity index (χ1n) is 6.15. The van der Waals surface area contributed by atoms with Crippen molar-refractivity contribution in [1.82, 2.24) is 10.2 Å². The lowest BCUT2D eigenvalue weighted by Crippen LogP contribution is -2.28. The minimum atomic E-state index is -3.78. The van der Waals surface area contributed by atoms with Crippen molar-refractivity contribution < 1.29 is 13.2 Å². The number of aromatic amines is 1. The van der Waals surface area contributed by atoms with Gasteiger partial charge in [-0.05, 0) is 19.1 Å². The van der Waals surface area contributed by atoms with E-state index in [4.69, 9.17) is 16.3 Å². The zero-order valence-corrected chi connectivity index (χ0v) is 13.5. The van der Waals surface area contributed by atoms with Crippen LogP contribution in [0.2, 0.25) is 0 Å². The molecule has 0 fully saturated rings. The maximum atomic E-state index is 12.8. The van der Waals surface area contributed by atoms with Gasteiger partial charge < -0.3 is 4.74 Å². The molecule has 0 spiro atoms. The Labute approximate surface area is 128 Å². The van der Waals surface area contributed by atoms with Crippen LogP contribution in [0.25, 0.3) is 0 Å². The lowest BCUT2D eigenvalue weighted by atomic mass is 10.3. The molecule has 21 heavy (non-hydrogen) atoms. The molecule has 0 bridgehead atoms. The predicted octanol–water partition coefficient (Wildman–Crippen LogP) is 2.29. The normalized spacial score (nSPS) is 11.4. The second-order valence-corrected chi connectivity index (χ2v) is 6.58. The Morgan fingerprint density at radius 1 is 1.38 bits per heavy atom. The Morgan fingerprint density at radius 3 is 2.67 bits per heavy atom. The largest absolute Gasteiger partial charge is 0.495 e. The quantitative estimate of drug-likeness (QED) is 0.854. The van der Waals surface area contributed by atoms with E-state index in [9.17, 15) is 8.42 Å². The van der Waals surface area contributed by atoms with Crippen LogP contribution in [0, 0.1) is 6.92 Å². The first-order valence-corrected chi connectivity index (χ1v) is 8.12. The fraction of sp³-hybridized carbons (Fsp3) is 0.308. The standard InChI is InChI=1S/C13H16ClN3O3S/c1-9-13(10(8-14)16-15-9)21(18,19)17(2)11-6-4-5-7-12(11)20-3/h4-7H,8H2,1-3H3,(H,15,16). The van der Waals surface area contributed by atoms with E-state index in [1.54, 1.807) is 31.2 Å². The number of benzene rings is 1. The molecule has 0 unspecified atom stereocenters. The van der Waals surface area contributed by atoms with E-state index in [1.807, 2.05) is 0 Å². The zero-order valence-electron chi connectivity index (χ0n) is 11.9. The Morgan fingerprint density at radius 2 is 2.05 bits per heavy atom. The van der Waals surface area contributed by atoms with Crippen LogP contribution in [0.3, 0.4) is 0 Å². The molecular weight excluding hydrogens is 314 g/mol. The van der Waals surface area contributed by atoms with Crippen LogP contribution in [0.5, 0.6) is 5.75 Å². The molecule has 2 aromatic rings. The first-order chi connectivity index (χ1) is 9.93. The van der Waals surface area contributed by atoms with Gasteiger partial charge in [0, 0.05) is 7.05 Å². The number of methoxy groups -OCH3 is 1. The van der Waals surface area contributed by atoms with E-state index >= 15 is 0 Å². The van der Waals surface area contributed by atoms with Crippen molar-refractivity contribution in [3.8, 4) is 5.75 Å². The minimum absolute atomic E-state index is 0.0126. The summed E-state index contributed by atoms with van der Waals surface area (Å²) in [6.45, 7) is 1.64. The molecule has 0 radical (unpaired) electrons. The summed E-state index contributed by atoms with van der Waals surface area (Å²) in [5, 5.41) is 6.58. The molecule has 0 saturated carbocycles. The number of hydrogen-bond donors (Lipinski definition) is 1. The van der Waals surface area contributed by atoms with Crippen LogP contribution in [0.15, 0.2) is 29.2 Å². The molecule has 2 rings (SSSR count). The average Bonchev–Trinajstić information content (AvgIpc) is 2.88. The van der Waals surface area contributed by atoms with Gasteiger partial charge in [-0.15, -0.1) is 11.6 Å². The second-order valence-electron chi connectivity index (χ2n) is 4.40. The van der Waals surface area contributed by atoms with Crippen LogP contribution in [-0.4, -0.2) is 32.8 Å². The number of nitrogens with zero attached hydrogens (tertiary/aromatic N) is 2. The van der Waals surface area contributed by atoms with Crippen molar-refractivity contribution in [2.45, 2.75) is 17.7 Å². The molecule has 6 nitrogen and oxygen atoms in total. The third-order valence-corrected chi connectivity index (χ3v) is 5.36. The monoisotopic (exact) mass is 329 g/mol. The molecule has 1 N–H and O–H groups in total. The number of nitrogens with one attached hydrogen (secondary N) is 1. The second kappa shape index (κ2) is 5.95. The molecule has 0 aliphatic carbocycles. The summed E-state index contributed by atoms with van der Waals surface area (Å²) in [5.74, 6) is 0.482. The third kappa shape index (κ3) is 2.71. The summed E-state index contributed by atoms with van der Waals surface area (Å²) in [5.41, 5.74) is 1.20. The van der Waals surface area contributed by atoms with E-state index in [1.165, 1.54) is 18.5 Å². The van der Waals surface area contributed by atoms with E-state index in [0.717, 1.165) is 0 Å². The number of alkyl halides is 1. The fourth-order valence-corrected chi connectivity index (χ4v) is 3.86. The highest BCUT2D eigenvalue weighted by Gasteiger charge is 2.29. The van der Waals surface area contributed by atoms with E-state index in [0.29, 0.717) is 22.8 Å². The molecule has 1 aromatic carbocycles. The lowest BCUT2D eigenvalue weighted by molar-refractivity contribution is 0.416. The van der Waals surface area contributed by atoms with Gasteiger partial charge in [-0.3, -0.25) is 9.40 Å². The van der Waals surface area contributed by atoms with Gasteiger partial charge in [0.1, 0.15) is 10.6 Å². The Balaban J connectivity index is 2.56. The molecule has 0 aliphatic heterocycles. The van der Waals surface area contributed by atoms with Crippen molar-refractivity contribution in [3.63, 3.8) is 0 Å². The predicted molar refractivity (Wildman–Crippen MR) is 81.5 cm³/mol. The maximum Gasteiger partial charge on any atom is 0.267 e. The van der Waals surface area contributed by atoms with Gasteiger partial charge >= 0.3 is 0 Å². The Bertz CT molecular complexity index is 743. The van der Waals surface area contributed by atoms with Crippen molar-refractivity contribution in [3.05, 3.63) is 35.7 Å². The molecule has 0 saturated heterocycles. The van der Waals surface area contributed by atoms with Crippen LogP contribution in [0.1, 0.15) is 11.4 Å². The van der Waals surface area contributed by atoms with Crippen molar-refractivity contribution in [1.29, 1.82) is 0 Å². The van der Waals surface area contributed by atoms with Gasteiger partial charge in [-0.1, -0.05) is 12.1 Å². The number of para-hydroxylation sites is 2. The number of aryl methyl sites for hydroxylation is 1. The fourth-order valence-electron chi connectivity index (χ4n) is 2.06. The minimum Gasteiger partial charge on any atom is -0.495 e.